The van der Waals surface area contributed by atoms with Crippen molar-refractivity contribution < 1.29 is 9.21 Å². The van der Waals surface area contributed by atoms with Gasteiger partial charge in [0.25, 0.3) is 5.91 Å². The number of carbonyl (C=O) groups is 1. The average Bonchev–Trinajstić information content (AvgIpc) is 2.92. The number of furan rings is 1. The lowest BCUT2D eigenvalue weighted by Crippen LogP contribution is -2.26. The van der Waals surface area contributed by atoms with Crippen LogP contribution in [0.15, 0.2) is 35.1 Å². The predicted octanol–water partition coefficient (Wildman–Crippen LogP) is 2.39. The van der Waals surface area contributed by atoms with E-state index in [2.05, 4.69) is 15.6 Å². The Kier molecular flexibility index (Phi) is 4.76. The third-order valence-electron chi connectivity index (χ3n) is 2.89. The van der Waals surface area contributed by atoms with Crippen molar-refractivity contribution in [2.45, 2.75) is 20.3 Å². The number of pyridine rings is 1. The van der Waals surface area contributed by atoms with Gasteiger partial charge in [-0.15, -0.1) is 0 Å². The first kappa shape index (κ1) is 14.1. The van der Waals surface area contributed by atoms with Crippen LogP contribution in [0.25, 0.3) is 0 Å². The Bertz CT molecular complexity index is 565. The standard InChI is InChI=1S/C15H19N3O2/c1-3-16-14-9-11(2)18-10-13(14)15(19)17-7-6-12-5-4-8-20-12/h4-5,8-10H,3,6-7H2,1-2H3,(H,16,18)(H,17,19). The van der Waals surface area contributed by atoms with E-state index in [9.17, 15) is 4.79 Å². The van der Waals surface area contributed by atoms with E-state index in [1.807, 2.05) is 32.0 Å². The number of nitrogens with zero attached hydrogens (tertiary/aromatic N) is 1. The molecule has 0 aliphatic rings. The first-order valence-electron chi connectivity index (χ1n) is 6.71. The quantitative estimate of drug-likeness (QED) is 0.848. The number of aryl methyl sites for hydroxylation is 1. The van der Waals surface area contributed by atoms with Crippen molar-refractivity contribution in [3.63, 3.8) is 0 Å². The zero-order valence-corrected chi connectivity index (χ0v) is 11.8. The van der Waals surface area contributed by atoms with Crippen LogP contribution < -0.4 is 10.6 Å². The van der Waals surface area contributed by atoms with Crippen molar-refractivity contribution in [1.29, 1.82) is 0 Å². The van der Waals surface area contributed by atoms with Gasteiger partial charge in [-0.25, -0.2) is 0 Å². The van der Waals surface area contributed by atoms with Crippen LogP contribution >= 0.6 is 0 Å². The Morgan fingerprint density at radius 3 is 3.00 bits per heavy atom. The van der Waals surface area contributed by atoms with Crippen molar-refractivity contribution in [2.75, 3.05) is 18.4 Å². The first-order valence-corrected chi connectivity index (χ1v) is 6.71. The predicted molar refractivity (Wildman–Crippen MR) is 77.9 cm³/mol. The number of rotatable bonds is 6. The first-order chi connectivity index (χ1) is 9.70. The van der Waals surface area contributed by atoms with Crippen molar-refractivity contribution in [1.82, 2.24) is 10.3 Å². The van der Waals surface area contributed by atoms with Crippen LogP contribution in [0.2, 0.25) is 0 Å². The van der Waals surface area contributed by atoms with Gasteiger partial charge >= 0.3 is 0 Å². The number of anilines is 1. The lowest BCUT2D eigenvalue weighted by molar-refractivity contribution is 0.0954. The van der Waals surface area contributed by atoms with E-state index in [1.54, 1.807) is 12.5 Å². The number of aromatic nitrogens is 1. The summed E-state index contributed by atoms with van der Waals surface area (Å²) >= 11 is 0. The molecule has 0 aromatic carbocycles. The molecule has 2 rings (SSSR count). The van der Waals surface area contributed by atoms with Gasteiger partial charge in [0.15, 0.2) is 0 Å². The highest BCUT2D eigenvalue weighted by Gasteiger charge is 2.11. The van der Waals surface area contributed by atoms with Crippen LogP contribution in [0.1, 0.15) is 28.7 Å². The van der Waals surface area contributed by atoms with Crippen LogP contribution in [0.4, 0.5) is 5.69 Å². The van der Waals surface area contributed by atoms with Crippen molar-refractivity contribution in [3.8, 4) is 0 Å². The smallest absolute Gasteiger partial charge is 0.254 e. The highest BCUT2D eigenvalue weighted by Crippen LogP contribution is 2.15. The minimum absolute atomic E-state index is 0.125. The molecule has 2 aromatic rings. The number of hydrogen-bond donors (Lipinski definition) is 2. The van der Waals surface area contributed by atoms with Crippen molar-refractivity contribution in [3.05, 3.63) is 47.7 Å². The van der Waals surface area contributed by atoms with Crippen molar-refractivity contribution in [2.24, 2.45) is 0 Å². The Morgan fingerprint density at radius 2 is 2.30 bits per heavy atom. The molecule has 0 unspecified atom stereocenters. The third kappa shape index (κ3) is 3.60. The van der Waals surface area contributed by atoms with Gasteiger partial charge in [0.1, 0.15) is 5.76 Å². The molecule has 0 saturated heterocycles. The van der Waals surface area contributed by atoms with Gasteiger partial charge < -0.3 is 15.1 Å². The maximum absolute atomic E-state index is 12.2. The maximum Gasteiger partial charge on any atom is 0.254 e. The molecule has 0 atom stereocenters. The van der Waals surface area contributed by atoms with E-state index < -0.39 is 0 Å². The summed E-state index contributed by atoms with van der Waals surface area (Å²) in [6, 6.07) is 5.61. The molecule has 0 aliphatic heterocycles. The van der Waals surface area contributed by atoms with Gasteiger partial charge in [0.05, 0.1) is 17.5 Å². The van der Waals surface area contributed by atoms with Gasteiger partial charge in [-0.2, -0.15) is 0 Å². The summed E-state index contributed by atoms with van der Waals surface area (Å²) in [5.74, 6) is 0.735. The molecule has 0 spiro atoms. The van der Waals surface area contributed by atoms with Gasteiger partial charge in [-0.3, -0.25) is 9.78 Å². The normalized spacial score (nSPS) is 10.3. The third-order valence-corrected chi connectivity index (χ3v) is 2.89. The lowest BCUT2D eigenvalue weighted by Gasteiger charge is -2.11. The molecule has 0 fully saturated rings. The highest BCUT2D eigenvalue weighted by atomic mass is 16.3. The molecule has 0 radical (unpaired) electrons. The maximum atomic E-state index is 12.2. The molecule has 106 valence electrons. The number of hydrogen-bond acceptors (Lipinski definition) is 4. The monoisotopic (exact) mass is 273 g/mol. The number of nitrogens with one attached hydrogen (secondary N) is 2. The minimum Gasteiger partial charge on any atom is -0.469 e. The molecule has 0 aliphatic carbocycles. The topological polar surface area (TPSA) is 67.2 Å². The fourth-order valence-electron chi connectivity index (χ4n) is 1.93. The summed E-state index contributed by atoms with van der Waals surface area (Å²) in [6.45, 7) is 5.19. The fraction of sp³-hybridized carbons (Fsp3) is 0.333. The molecule has 0 saturated carbocycles. The summed E-state index contributed by atoms with van der Waals surface area (Å²) in [7, 11) is 0. The Hall–Kier alpha value is -2.30. The Balaban J connectivity index is 1.97. The zero-order valence-electron chi connectivity index (χ0n) is 11.8. The summed E-state index contributed by atoms with van der Waals surface area (Å²) in [6.07, 6.45) is 3.91. The molecule has 5 nitrogen and oxygen atoms in total. The Morgan fingerprint density at radius 1 is 1.45 bits per heavy atom. The molecule has 2 heterocycles. The highest BCUT2D eigenvalue weighted by molar-refractivity contribution is 5.99. The number of amides is 1. The largest absolute Gasteiger partial charge is 0.469 e. The van der Waals surface area contributed by atoms with E-state index in [0.717, 1.165) is 23.7 Å². The van der Waals surface area contributed by atoms with Gasteiger partial charge in [-0.1, -0.05) is 0 Å². The molecule has 20 heavy (non-hydrogen) atoms. The summed E-state index contributed by atoms with van der Waals surface area (Å²) in [5.41, 5.74) is 2.26. The molecule has 0 bridgehead atoms. The van der Waals surface area contributed by atoms with Crippen LogP contribution in [0, 0.1) is 6.92 Å². The zero-order chi connectivity index (χ0) is 14.4. The molecule has 1 amide bonds. The second-order valence-electron chi connectivity index (χ2n) is 4.49. The van der Waals surface area contributed by atoms with Gasteiger partial charge in [0, 0.05) is 31.4 Å². The van der Waals surface area contributed by atoms with Gasteiger partial charge in [0.2, 0.25) is 0 Å². The lowest BCUT2D eigenvalue weighted by atomic mass is 10.2. The van der Waals surface area contributed by atoms with E-state index in [0.29, 0.717) is 18.5 Å². The van der Waals surface area contributed by atoms with Gasteiger partial charge in [-0.05, 0) is 32.0 Å². The summed E-state index contributed by atoms with van der Waals surface area (Å²) in [4.78, 5) is 16.3. The second kappa shape index (κ2) is 6.75. The SMILES string of the molecule is CCNc1cc(C)ncc1C(=O)NCCc1ccco1. The van der Waals surface area contributed by atoms with E-state index in [-0.39, 0.29) is 5.91 Å². The number of carbonyl (C=O) groups excluding carboxylic acids is 1. The summed E-state index contributed by atoms with van der Waals surface area (Å²) < 4.78 is 5.22. The minimum atomic E-state index is -0.125. The average molecular weight is 273 g/mol. The van der Waals surface area contributed by atoms with E-state index in [1.165, 1.54) is 0 Å². The molecule has 2 aromatic heterocycles. The summed E-state index contributed by atoms with van der Waals surface area (Å²) in [5, 5.41) is 6.06. The van der Waals surface area contributed by atoms with E-state index in [4.69, 9.17) is 4.42 Å². The Labute approximate surface area is 118 Å². The molecule has 2 N–H and O–H groups in total. The fourth-order valence-corrected chi connectivity index (χ4v) is 1.93. The van der Waals surface area contributed by atoms with Crippen molar-refractivity contribution >= 4 is 11.6 Å². The molecular formula is C15H19N3O2. The second-order valence-corrected chi connectivity index (χ2v) is 4.49. The van der Waals surface area contributed by atoms with E-state index >= 15 is 0 Å². The van der Waals surface area contributed by atoms with Crippen LogP contribution in [0.5, 0.6) is 0 Å². The van der Waals surface area contributed by atoms with Crippen LogP contribution in [0.3, 0.4) is 0 Å². The van der Waals surface area contributed by atoms with Crippen LogP contribution in [-0.2, 0) is 6.42 Å². The van der Waals surface area contributed by atoms with Crippen LogP contribution in [-0.4, -0.2) is 24.0 Å². The molecular weight excluding hydrogens is 254 g/mol. The molecule has 5 heteroatoms.